The number of likely N-dealkylation sites (tertiary alicyclic amines) is 1. The minimum atomic E-state index is -0.768. The number of carbonyl (C=O) groups is 2. The summed E-state index contributed by atoms with van der Waals surface area (Å²) in [4.78, 5) is 24.3. The molecule has 0 aromatic rings. The van der Waals surface area contributed by atoms with Gasteiger partial charge in [-0.2, -0.15) is 0 Å². The summed E-state index contributed by atoms with van der Waals surface area (Å²) in [6, 6.07) is 0. The Hall–Kier alpha value is -1.26. The molecule has 1 heterocycles. The van der Waals surface area contributed by atoms with E-state index in [-0.39, 0.29) is 12.0 Å². The molecule has 5 nitrogen and oxygen atoms in total. The molecule has 0 bridgehead atoms. The van der Waals surface area contributed by atoms with E-state index in [4.69, 9.17) is 9.84 Å². The molecular weight excluding hydrogens is 222 g/mol. The number of ether oxygens (including phenoxy) is 1. The molecule has 17 heavy (non-hydrogen) atoms. The monoisotopic (exact) mass is 243 g/mol. The molecule has 1 rings (SSSR count). The zero-order valence-electron chi connectivity index (χ0n) is 10.7. The lowest BCUT2D eigenvalue weighted by Gasteiger charge is -2.26. The summed E-state index contributed by atoms with van der Waals surface area (Å²) in [5.41, 5.74) is -0.504. The van der Waals surface area contributed by atoms with E-state index in [1.165, 1.54) is 0 Å². The first kappa shape index (κ1) is 13.8. The number of carboxylic acid groups (broad SMARTS) is 1. The molecule has 0 aromatic heterocycles. The van der Waals surface area contributed by atoms with Gasteiger partial charge < -0.3 is 14.7 Å². The number of amides is 1. The second-order valence-corrected chi connectivity index (χ2v) is 5.43. The van der Waals surface area contributed by atoms with Gasteiger partial charge in [0.15, 0.2) is 0 Å². The highest BCUT2D eigenvalue weighted by Gasteiger charge is 2.27. The molecule has 1 N–H and O–H groups in total. The summed E-state index contributed by atoms with van der Waals surface area (Å²) in [6.07, 6.45) is 1.52. The topological polar surface area (TPSA) is 66.8 Å². The number of carboxylic acids is 1. The largest absolute Gasteiger partial charge is 0.481 e. The van der Waals surface area contributed by atoms with Crippen molar-refractivity contribution >= 4 is 12.1 Å². The Balaban J connectivity index is 2.51. The lowest BCUT2D eigenvalue weighted by molar-refractivity contribution is -0.142. The Morgan fingerprint density at radius 1 is 1.24 bits per heavy atom. The average Bonchev–Trinajstić information content (AvgIpc) is 2.39. The van der Waals surface area contributed by atoms with Crippen LogP contribution in [0, 0.1) is 5.92 Å². The average molecular weight is 243 g/mol. The number of rotatable bonds is 1. The van der Waals surface area contributed by atoms with Crippen molar-refractivity contribution in [1.29, 1.82) is 0 Å². The molecule has 1 atom stereocenters. The minimum Gasteiger partial charge on any atom is -0.481 e. The Bertz CT molecular complexity index is 295. The minimum absolute atomic E-state index is 0.331. The zero-order chi connectivity index (χ0) is 13.1. The third-order valence-corrected chi connectivity index (χ3v) is 2.73. The van der Waals surface area contributed by atoms with Crippen molar-refractivity contribution in [3.05, 3.63) is 0 Å². The highest BCUT2D eigenvalue weighted by molar-refractivity contribution is 5.71. The van der Waals surface area contributed by atoms with Crippen LogP contribution in [0.4, 0.5) is 4.79 Å². The van der Waals surface area contributed by atoms with Crippen LogP contribution in [-0.2, 0) is 9.53 Å². The quantitative estimate of drug-likeness (QED) is 0.766. The van der Waals surface area contributed by atoms with Gasteiger partial charge in [-0.1, -0.05) is 0 Å². The summed E-state index contributed by atoms with van der Waals surface area (Å²) >= 11 is 0. The van der Waals surface area contributed by atoms with Crippen LogP contribution < -0.4 is 0 Å². The Labute approximate surface area is 102 Å². The first-order chi connectivity index (χ1) is 7.79. The summed E-state index contributed by atoms with van der Waals surface area (Å²) in [5.74, 6) is -1.10. The van der Waals surface area contributed by atoms with Crippen molar-refractivity contribution in [2.24, 2.45) is 5.92 Å². The van der Waals surface area contributed by atoms with Gasteiger partial charge in [0, 0.05) is 13.1 Å². The van der Waals surface area contributed by atoms with Crippen LogP contribution in [0.3, 0.4) is 0 Å². The van der Waals surface area contributed by atoms with Crippen LogP contribution in [0.1, 0.15) is 40.0 Å². The van der Waals surface area contributed by atoms with E-state index in [0.717, 1.165) is 6.42 Å². The van der Waals surface area contributed by atoms with Crippen molar-refractivity contribution in [3.63, 3.8) is 0 Å². The Kier molecular flexibility index (Phi) is 4.37. The van der Waals surface area contributed by atoms with Crippen molar-refractivity contribution in [3.8, 4) is 0 Å². The Morgan fingerprint density at radius 2 is 1.88 bits per heavy atom. The van der Waals surface area contributed by atoms with Gasteiger partial charge in [0.05, 0.1) is 5.92 Å². The molecule has 0 radical (unpaired) electrons. The summed E-state index contributed by atoms with van der Waals surface area (Å²) < 4.78 is 5.27. The summed E-state index contributed by atoms with van der Waals surface area (Å²) in [5, 5.41) is 8.94. The first-order valence-corrected chi connectivity index (χ1v) is 6.00. The van der Waals surface area contributed by atoms with Crippen molar-refractivity contribution in [2.75, 3.05) is 13.1 Å². The third kappa shape index (κ3) is 4.63. The Morgan fingerprint density at radius 3 is 2.41 bits per heavy atom. The summed E-state index contributed by atoms with van der Waals surface area (Å²) in [6.45, 7) is 6.51. The number of hydrogen-bond acceptors (Lipinski definition) is 3. The van der Waals surface area contributed by atoms with E-state index in [2.05, 4.69) is 0 Å². The van der Waals surface area contributed by atoms with Crippen molar-refractivity contribution < 1.29 is 19.4 Å². The lowest BCUT2D eigenvalue weighted by atomic mass is 10.0. The van der Waals surface area contributed by atoms with Crippen LogP contribution >= 0.6 is 0 Å². The van der Waals surface area contributed by atoms with Gasteiger partial charge in [0.25, 0.3) is 0 Å². The molecule has 0 aliphatic carbocycles. The van der Waals surface area contributed by atoms with Gasteiger partial charge in [0.2, 0.25) is 0 Å². The number of carbonyl (C=O) groups excluding carboxylic acids is 1. The highest BCUT2D eigenvalue weighted by atomic mass is 16.6. The smallest absolute Gasteiger partial charge is 0.410 e. The number of aliphatic carboxylic acids is 1. The fourth-order valence-corrected chi connectivity index (χ4v) is 1.85. The zero-order valence-corrected chi connectivity index (χ0v) is 10.7. The van der Waals surface area contributed by atoms with E-state index in [9.17, 15) is 9.59 Å². The molecule has 1 saturated heterocycles. The maximum Gasteiger partial charge on any atom is 0.410 e. The summed E-state index contributed by atoms with van der Waals surface area (Å²) in [7, 11) is 0. The van der Waals surface area contributed by atoms with Crippen LogP contribution in [0.2, 0.25) is 0 Å². The molecular formula is C12H21NO4. The fourth-order valence-electron chi connectivity index (χ4n) is 1.85. The maximum atomic E-state index is 11.8. The van der Waals surface area contributed by atoms with Crippen LogP contribution in [-0.4, -0.2) is 40.8 Å². The van der Waals surface area contributed by atoms with Gasteiger partial charge in [-0.15, -0.1) is 0 Å². The predicted octanol–water partition coefficient (Wildman–Crippen LogP) is 2.11. The molecule has 1 fully saturated rings. The van der Waals surface area contributed by atoms with Crippen molar-refractivity contribution in [2.45, 2.75) is 45.6 Å². The maximum absolute atomic E-state index is 11.8. The van der Waals surface area contributed by atoms with E-state index >= 15 is 0 Å². The lowest BCUT2D eigenvalue weighted by Crippen LogP contribution is -2.37. The highest BCUT2D eigenvalue weighted by Crippen LogP contribution is 2.19. The molecule has 0 unspecified atom stereocenters. The SMILES string of the molecule is CC(C)(C)OC(=O)N1CCC[C@H](C(=O)O)CC1. The molecule has 5 heteroatoms. The van der Waals surface area contributed by atoms with Gasteiger partial charge in [0.1, 0.15) is 5.60 Å². The second kappa shape index (κ2) is 5.38. The van der Waals surface area contributed by atoms with Gasteiger partial charge in [-0.25, -0.2) is 4.79 Å². The normalized spacial score (nSPS) is 21.8. The fraction of sp³-hybridized carbons (Fsp3) is 0.833. The van der Waals surface area contributed by atoms with E-state index in [1.807, 2.05) is 20.8 Å². The van der Waals surface area contributed by atoms with Crippen LogP contribution in [0.5, 0.6) is 0 Å². The number of hydrogen-bond donors (Lipinski definition) is 1. The molecule has 1 aliphatic rings. The van der Waals surface area contributed by atoms with E-state index in [1.54, 1.807) is 4.90 Å². The molecule has 0 aromatic carbocycles. The first-order valence-electron chi connectivity index (χ1n) is 6.00. The van der Waals surface area contributed by atoms with Crippen LogP contribution in [0.15, 0.2) is 0 Å². The molecule has 0 spiro atoms. The molecule has 1 amide bonds. The molecule has 0 saturated carbocycles. The second-order valence-electron chi connectivity index (χ2n) is 5.43. The van der Waals surface area contributed by atoms with Crippen LogP contribution in [0.25, 0.3) is 0 Å². The third-order valence-electron chi connectivity index (χ3n) is 2.73. The predicted molar refractivity (Wildman–Crippen MR) is 62.8 cm³/mol. The van der Waals surface area contributed by atoms with Gasteiger partial charge >= 0.3 is 12.1 Å². The van der Waals surface area contributed by atoms with Gasteiger partial charge in [-0.3, -0.25) is 4.79 Å². The number of nitrogens with zero attached hydrogens (tertiary/aromatic N) is 1. The van der Waals surface area contributed by atoms with Crippen molar-refractivity contribution in [1.82, 2.24) is 4.90 Å². The standard InChI is InChI=1S/C12H21NO4/c1-12(2,3)17-11(16)13-7-4-5-9(6-8-13)10(14)15/h9H,4-8H2,1-3H3,(H,14,15)/t9-/m0/s1. The van der Waals surface area contributed by atoms with E-state index < -0.39 is 11.6 Å². The van der Waals surface area contributed by atoms with E-state index in [0.29, 0.717) is 25.9 Å². The molecule has 1 aliphatic heterocycles. The van der Waals surface area contributed by atoms with Gasteiger partial charge in [-0.05, 0) is 40.0 Å². The molecule has 98 valence electrons.